The second-order valence-electron chi connectivity index (χ2n) is 2.66. The summed E-state index contributed by atoms with van der Waals surface area (Å²) in [6.45, 7) is 0.948. The molecule has 0 aromatic carbocycles. The van der Waals surface area contributed by atoms with E-state index in [-0.39, 0.29) is 24.8 Å². The van der Waals surface area contributed by atoms with Crippen LogP contribution in [0.5, 0.6) is 0 Å². The summed E-state index contributed by atoms with van der Waals surface area (Å²) in [7, 11) is 0. The highest BCUT2D eigenvalue weighted by molar-refractivity contribution is 5.87. The number of ketones is 1. The van der Waals surface area contributed by atoms with Crippen molar-refractivity contribution < 1.29 is 9.59 Å². The number of likely N-dealkylation sites (tertiary alicyclic amines) is 1. The standard InChI is InChI=1S/C7H12N2O2/c8-4-6(10)5-9-3-1-2-7(9)11/h1-5,8H2. The SMILES string of the molecule is NCC(=O)CN1CCCC1=O. The van der Waals surface area contributed by atoms with Gasteiger partial charge in [-0.15, -0.1) is 0 Å². The molecule has 0 aromatic rings. The fourth-order valence-corrected chi connectivity index (χ4v) is 1.15. The minimum Gasteiger partial charge on any atom is -0.335 e. The third-order valence-corrected chi connectivity index (χ3v) is 1.77. The number of hydrogen-bond acceptors (Lipinski definition) is 3. The summed E-state index contributed by atoms with van der Waals surface area (Å²) in [6, 6.07) is 0. The summed E-state index contributed by atoms with van der Waals surface area (Å²) in [5.74, 6) is 0.00653. The number of nitrogens with two attached hydrogens (primary N) is 1. The molecule has 4 heteroatoms. The van der Waals surface area contributed by atoms with Crippen molar-refractivity contribution in [1.82, 2.24) is 4.90 Å². The minimum atomic E-state index is -0.0692. The molecule has 0 aliphatic carbocycles. The molecule has 1 amide bonds. The van der Waals surface area contributed by atoms with Crippen LogP contribution in [0.15, 0.2) is 0 Å². The highest BCUT2D eigenvalue weighted by Crippen LogP contribution is 2.08. The van der Waals surface area contributed by atoms with Crippen molar-refractivity contribution in [3.63, 3.8) is 0 Å². The van der Waals surface area contributed by atoms with E-state index in [1.807, 2.05) is 0 Å². The highest BCUT2D eigenvalue weighted by atomic mass is 16.2. The molecule has 0 aromatic heterocycles. The van der Waals surface area contributed by atoms with Crippen molar-refractivity contribution >= 4 is 11.7 Å². The molecule has 1 aliphatic rings. The molecule has 11 heavy (non-hydrogen) atoms. The molecule has 0 radical (unpaired) electrons. The lowest BCUT2D eigenvalue weighted by Gasteiger charge is -2.12. The Morgan fingerprint density at radius 3 is 2.82 bits per heavy atom. The van der Waals surface area contributed by atoms with Crippen molar-refractivity contribution in [3.05, 3.63) is 0 Å². The highest BCUT2D eigenvalue weighted by Gasteiger charge is 2.21. The van der Waals surface area contributed by atoms with Gasteiger partial charge in [-0.05, 0) is 6.42 Å². The van der Waals surface area contributed by atoms with E-state index in [0.717, 1.165) is 6.42 Å². The maximum atomic E-state index is 11.0. The van der Waals surface area contributed by atoms with Gasteiger partial charge in [0.2, 0.25) is 5.91 Å². The van der Waals surface area contributed by atoms with E-state index in [2.05, 4.69) is 0 Å². The zero-order valence-corrected chi connectivity index (χ0v) is 6.38. The summed E-state index contributed by atoms with van der Waals surface area (Å²) in [5, 5.41) is 0. The normalized spacial score (nSPS) is 17.5. The van der Waals surface area contributed by atoms with Crippen LogP contribution < -0.4 is 5.73 Å². The Kier molecular flexibility index (Phi) is 2.59. The molecule has 0 bridgehead atoms. The fraction of sp³-hybridized carbons (Fsp3) is 0.714. The summed E-state index contributed by atoms with van der Waals surface area (Å²) >= 11 is 0. The summed E-state index contributed by atoms with van der Waals surface area (Å²) in [5.41, 5.74) is 5.11. The molecular formula is C7H12N2O2. The van der Waals surface area contributed by atoms with Gasteiger partial charge in [0, 0.05) is 13.0 Å². The van der Waals surface area contributed by atoms with Crippen molar-refractivity contribution in [3.8, 4) is 0 Å². The van der Waals surface area contributed by atoms with Crippen LogP contribution in [0, 0.1) is 0 Å². The smallest absolute Gasteiger partial charge is 0.223 e. The average Bonchev–Trinajstić information content (AvgIpc) is 2.37. The summed E-state index contributed by atoms with van der Waals surface area (Å²) < 4.78 is 0. The van der Waals surface area contributed by atoms with E-state index in [1.165, 1.54) is 0 Å². The van der Waals surface area contributed by atoms with Gasteiger partial charge in [-0.25, -0.2) is 0 Å². The molecular weight excluding hydrogens is 144 g/mol. The average molecular weight is 156 g/mol. The quantitative estimate of drug-likeness (QED) is 0.578. The van der Waals surface area contributed by atoms with E-state index < -0.39 is 0 Å². The maximum absolute atomic E-state index is 11.0. The maximum Gasteiger partial charge on any atom is 0.223 e. The topological polar surface area (TPSA) is 63.4 Å². The second kappa shape index (κ2) is 3.48. The van der Waals surface area contributed by atoms with Crippen molar-refractivity contribution in [2.45, 2.75) is 12.8 Å². The number of nitrogens with zero attached hydrogens (tertiary/aromatic N) is 1. The lowest BCUT2D eigenvalue weighted by atomic mass is 10.3. The molecule has 2 N–H and O–H groups in total. The van der Waals surface area contributed by atoms with Crippen LogP contribution in [0.2, 0.25) is 0 Å². The Morgan fingerprint density at radius 2 is 2.36 bits per heavy atom. The molecule has 1 saturated heterocycles. The minimum absolute atomic E-state index is 0.0315. The van der Waals surface area contributed by atoms with Crippen LogP contribution in [0.3, 0.4) is 0 Å². The van der Waals surface area contributed by atoms with Gasteiger partial charge in [0.05, 0.1) is 13.1 Å². The lowest BCUT2D eigenvalue weighted by Crippen LogP contribution is -2.33. The molecule has 0 spiro atoms. The third-order valence-electron chi connectivity index (χ3n) is 1.77. The van der Waals surface area contributed by atoms with Crippen molar-refractivity contribution in [2.24, 2.45) is 5.73 Å². The first-order valence-corrected chi connectivity index (χ1v) is 3.73. The van der Waals surface area contributed by atoms with Crippen LogP contribution in [0.4, 0.5) is 0 Å². The molecule has 1 heterocycles. The van der Waals surface area contributed by atoms with Crippen LogP contribution in [-0.2, 0) is 9.59 Å². The number of amides is 1. The van der Waals surface area contributed by atoms with E-state index in [9.17, 15) is 9.59 Å². The van der Waals surface area contributed by atoms with Crippen molar-refractivity contribution in [2.75, 3.05) is 19.6 Å². The molecule has 4 nitrogen and oxygen atoms in total. The van der Waals surface area contributed by atoms with Gasteiger partial charge in [0.25, 0.3) is 0 Å². The zero-order chi connectivity index (χ0) is 8.27. The predicted molar refractivity (Wildman–Crippen MR) is 39.9 cm³/mol. The Balaban J connectivity index is 2.36. The molecule has 1 rings (SSSR count). The molecule has 0 atom stereocenters. The summed E-state index contributed by atoms with van der Waals surface area (Å²) in [4.78, 5) is 23.3. The first-order chi connectivity index (χ1) is 5.24. The van der Waals surface area contributed by atoms with Gasteiger partial charge in [-0.3, -0.25) is 9.59 Å². The third kappa shape index (κ3) is 2.01. The van der Waals surface area contributed by atoms with E-state index in [0.29, 0.717) is 13.0 Å². The van der Waals surface area contributed by atoms with Crippen LogP contribution in [-0.4, -0.2) is 36.2 Å². The number of hydrogen-bond donors (Lipinski definition) is 1. The predicted octanol–water partition coefficient (Wildman–Crippen LogP) is -0.863. The van der Waals surface area contributed by atoms with Gasteiger partial charge in [0.15, 0.2) is 5.78 Å². The largest absolute Gasteiger partial charge is 0.335 e. The molecule has 1 fully saturated rings. The number of carbonyl (C=O) groups is 2. The zero-order valence-electron chi connectivity index (χ0n) is 6.38. The van der Waals surface area contributed by atoms with Gasteiger partial charge in [-0.1, -0.05) is 0 Å². The molecule has 62 valence electrons. The number of rotatable bonds is 3. The molecule has 1 aliphatic heterocycles. The Labute approximate surface area is 65.3 Å². The Bertz CT molecular complexity index is 179. The van der Waals surface area contributed by atoms with Gasteiger partial charge in [0.1, 0.15) is 0 Å². The van der Waals surface area contributed by atoms with Gasteiger partial charge >= 0.3 is 0 Å². The number of carbonyl (C=O) groups excluding carboxylic acids is 2. The van der Waals surface area contributed by atoms with E-state index >= 15 is 0 Å². The van der Waals surface area contributed by atoms with E-state index in [1.54, 1.807) is 4.90 Å². The van der Waals surface area contributed by atoms with Gasteiger partial charge < -0.3 is 10.6 Å². The second-order valence-corrected chi connectivity index (χ2v) is 2.66. The fourth-order valence-electron chi connectivity index (χ4n) is 1.15. The Hall–Kier alpha value is -0.900. The Morgan fingerprint density at radius 1 is 1.64 bits per heavy atom. The van der Waals surface area contributed by atoms with Crippen LogP contribution >= 0.6 is 0 Å². The summed E-state index contributed by atoms with van der Waals surface area (Å²) in [6.07, 6.45) is 1.45. The van der Waals surface area contributed by atoms with Gasteiger partial charge in [-0.2, -0.15) is 0 Å². The number of Topliss-reactive ketones (excluding diaryl/α,β-unsaturated/α-hetero) is 1. The molecule has 0 unspecified atom stereocenters. The van der Waals surface area contributed by atoms with Crippen LogP contribution in [0.25, 0.3) is 0 Å². The van der Waals surface area contributed by atoms with E-state index in [4.69, 9.17) is 5.73 Å². The first kappa shape index (κ1) is 8.20. The first-order valence-electron chi connectivity index (χ1n) is 3.73. The molecule has 0 saturated carbocycles. The van der Waals surface area contributed by atoms with Crippen LogP contribution in [0.1, 0.15) is 12.8 Å². The lowest BCUT2D eigenvalue weighted by molar-refractivity contribution is -0.131. The van der Waals surface area contributed by atoms with Crippen molar-refractivity contribution in [1.29, 1.82) is 0 Å². The monoisotopic (exact) mass is 156 g/mol.